The van der Waals surface area contributed by atoms with Crippen molar-refractivity contribution in [1.29, 1.82) is 0 Å². The predicted octanol–water partition coefficient (Wildman–Crippen LogP) is 0.0323. The van der Waals surface area contributed by atoms with Crippen molar-refractivity contribution in [2.75, 3.05) is 0 Å². The van der Waals surface area contributed by atoms with Gasteiger partial charge in [-0.15, -0.1) is 0 Å². The maximum Gasteiger partial charge on any atom is 1.00 e. The van der Waals surface area contributed by atoms with E-state index in [1.807, 2.05) is 51.1 Å². The quantitative estimate of drug-likeness (QED) is 0.328. The van der Waals surface area contributed by atoms with Crippen LogP contribution >= 0.6 is 7.92 Å². The molecule has 0 amide bonds. The Morgan fingerprint density at radius 1 is 0.867 bits per heavy atom. The van der Waals surface area contributed by atoms with Crippen LogP contribution in [0.2, 0.25) is 0 Å². The first kappa shape index (κ1) is 24.1. The number of hydrogen-bond donors (Lipinski definition) is 0. The van der Waals surface area contributed by atoms with Gasteiger partial charge in [-0.1, -0.05) is 106 Å². The molecular formula is C25H25LiNO2P. The molecule has 3 rings (SSSR count). The number of hydrogen-bond acceptors (Lipinski definition) is 3. The summed E-state index contributed by atoms with van der Waals surface area (Å²) in [5, 5.41) is 15.2. The fourth-order valence-electron chi connectivity index (χ4n) is 3.17. The maximum atomic E-state index is 11.6. The van der Waals surface area contributed by atoms with Crippen LogP contribution in [0.15, 0.2) is 89.9 Å². The number of carboxylic acids is 1. The van der Waals surface area contributed by atoms with Gasteiger partial charge in [-0.2, -0.15) is 0 Å². The third-order valence-corrected chi connectivity index (χ3v) is 7.13. The van der Waals surface area contributed by atoms with Gasteiger partial charge in [0.05, 0.1) is 12.0 Å². The van der Waals surface area contributed by atoms with Crippen LogP contribution in [0.25, 0.3) is 0 Å². The Kier molecular flexibility index (Phi) is 8.62. The van der Waals surface area contributed by atoms with Crippen LogP contribution in [0.5, 0.6) is 0 Å². The van der Waals surface area contributed by atoms with Gasteiger partial charge in [0, 0.05) is 11.8 Å². The number of carbonyl (C=O) groups excluding carboxylic acids is 1. The number of carboxylic acid groups (broad SMARTS) is 1. The molecule has 0 saturated heterocycles. The summed E-state index contributed by atoms with van der Waals surface area (Å²) in [6.45, 7) is 5.58. The summed E-state index contributed by atoms with van der Waals surface area (Å²) in [5.41, 5.74) is 0.412. The van der Waals surface area contributed by atoms with Gasteiger partial charge in [-0.25, -0.2) is 0 Å². The average molecular weight is 409 g/mol. The molecule has 3 nitrogen and oxygen atoms in total. The molecule has 0 unspecified atom stereocenters. The standard InChI is InChI=1S/C25H26NO2P.Li/c1-25(2,3)23(24(27)28)26-18-19-12-10-11-17-22(19)29(20-13-6-4-7-14-20)21-15-8-5-9-16-21;/h4-18,23H,1-3H3,(H,27,28);/q;+1/p-1/t23-;/m1./s1. The zero-order valence-corrected chi connectivity index (χ0v) is 18.8. The minimum Gasteiger partial charge on any atom is -0.548 e. The molecule has 0 aliphatic heterocycles. The summed E-state index contributed by atoms with van der Waals surface area (Å²) >= 11 is 0. The number of carbonyl (C=O) groups is 1. The first-order valence-electron chi connectivity index (χ1n) is 9.61. The zero-order valence-electron chi connectivity index (χ0n) is 17.9. The summed E-state index contributed by atoms with van der Waals surface area (Å²) in [6, 6.07) is 28.0. The largest absolute Gasteiger partial charge is 1.00 e. The molecule has 0 aliphatic carbocycles. The molecule has 0 bridgehead atoms. The molecule has 0 aliphatic rings. The van der Waals surface area contributed by atoms with E-state index in [-0.39, 0.29) is 18.9 Å². The molecule has 0 aromatic heterocycles. The first-order valence-corrected chi connectivity index (χ1v) is 11.0. The van der Waals surface area contributed by atoms with Crippen LogP contribution in [0.4, 0.5) is 0 Å². The van der Waals surface area contributed by atoms with Crippen LogP contribution < -0.4 is 39.9 Å². The molecule has 0 radical (unpaired) electrons. The number of aliphatic carboxylic acids is 1. The molecule has 5 heteroatoms. The summed E-state index contributed by atoms with van der Waals surface area (Å²) in [5.74, 6) is -1.15. The van der Waals surface area contributed by atoms with Gasteiger partial charge in [0.15, 0.2) is 0 Å². The van der Waals surface area contributed by atoms with Crippen LogP contribution in [-0.2, 0) is 4.79 Å². The summed E-state index contributed by atoms with van der Waals surface area (Å²) in [7, 11) is -0.795. The van der Waals surface area contributed by atoms with Crippen molar-refractivity contribution >= 4 is 36.0 Å². The van der Waals surface area contributed by atoms with E-state index < -0.39 is 25.3 Å². The summed E-state index contributed by atoms with van der Waals surface area (Å²) in [4.78, 5) is 16.0. The third-order valence-electron chi connectivity index (χ3n) is 4.61. The van der Waals surface area contributed by atoms with Gasteiger partial charge in [-0.05, 0) is 29.3 Å². The van der Waals surface area contributed by atoms with Crippen molar-refractivity contribution in [2.24, 2.45) is 10.4 Å². The molecular weight excluding hydrogens is 384 g/mol. The van der Waals surface area contributed by atoms with Crippen LogP contribution in [-0.4, -0.2) is 18.2 Å². The van der Waals surface area contributed by atoms with Gasteiger partial charge in [-0.3, -0.25) is 4.99 Å². The second kappa shape index (κ2) is 10.7. The van der Waals surface area contributed by atoms with Crippen molar-refractivity contribution in [3.63, 3.8) is 0 Å². The molecule has 1 atom stereocenters. The van der Waals surface area contributed by atoms with E-state index in [0.717, 1.165) is 10.9 Å². The minimum atomic E-state index is -1.15. The summed E-state index contributed by atoms with van der Waals surface area (Å²) in [6.07, 6.45) is 1.70. The zero-order chi connectivity index (χ0) is 20.9. The Hall–Kier alpha value is -2.17. The van der Waals surface area contributed by atoms with Gasteiger partial charge in [0.2, 0.25) is 0 Å². The third kappa shape index (κ3) is 5.93. The monoisotopic (exact) mass is 409 g/mol. The minimum absolute atomic E-state index is 0. The van der Waals surface area contributed by atoms with E-state index in [2.05, 4.69) is 59.6 Å². The van der Waals surface area contributed by atoms with Gasteiger partial charge in [0.25, 0.3) is 0 Å². The molecule has 0 fully saturated rings. The van der Waals surface area contributed by atoms with Crippen molar-refractivity contribution < 1.29 is 28.8 Å². The van der Waals surface area contributed by atoms with Crippen molar-refractivity contribution in [3.05, 3.63) is 90.5 Å². The van der Waals surface area contributed by atoms with E-state index in [9.17, 15) is 9.90 Å². The van der Waals surface area contributed by atoms with Crippen LogP contribution in [0.1, 0.15) is 26.3 Å². The van der Waals surface area contributed by atoms with E-state index >= 15 is 0 Å². The molecule has 3 aromatic rings. The van der Waals surface area contributed by atoms with E-state index in [1.54, 1.807) is 6.21 Å². The maximum absolute atomic E-state index is 11.6. The SMILES string of the molecule is CC(C)(C)[C@H](N=Cc1ccccc1P(c1ccccc1)c1ccccc1)C(=O)[O-].[Li+]. The topological polar surface area (TPSA) is 52.5 Å². The van der Waals surface area contributed by atoms with Gasteiger partial charge < -0.3 is 9.90 Å². The second-order valence-corrected chi connectivity index (χ2v) is 10.1. The number of rotatable bonds is 6. The Labute approximate surface area is 192 Å². The molecule has 3 aromatic carbocycles. The van der Waals surface area contributed by atoms with Crippen LogP contribution in [0, 0.1) is 5.41 Å². The number of benzene rings is 3. The van der Waals surface area contributed by atoms with Crippen LogP contribution in [0.3, 0.4) is 0 Å². The fraction of sp³-hybridized carbons (Fsp3) is 0.200. The van der Waals surface area contributed by atoms with Crippen molar-refractivity contribution in [3.8, 4) is 0 Å². The van der Waals surface area contributed by atoms with E-state index in [1.165, 1.54) is 10.6 Å². The van der Waals surface area contributed by atoms with Gasteiger partial charge in [0.1, 0.15) is 0 Å². The van der Waals surface area contributed by atoms with Crippen molar-refractivity contribution in [1.82, 2.24) is 0 Å². The molecule has 148 valence electrons. The Morgan fingerprint density at radius 3 is 1.80 bits per heavy atom. The Morgan fingerprint density at radius 2 is 1.33 bits per heavy atom. The number of aliphatic imine (C=N–C) groups is 1. The van der Waals surface area contributed by atoms with E-state index in [4.69, 9.17) is 0 Å². The van der Waals surface area contributed by atoms with Gasteiger partial charge >= 0.3 is 18.9 Å². The normalized spacial score (nSPS) is 12.5. The Balaban J connectivity index is 0.00000320. The molecule has 0 saturated carbocycles. The first-order chi connectivity index (χ1) is 13.9. The van der Waals surface area contributed by atoms with E-state index in [0.29, 0.717) is 0 Å². The average Bonchev–Trinajstić information content (AvgIpc) is 2.70. The molecule has 30 heavy (non-hydrogen) atoms. The summed E-state index contributed by atoms with van der Waals surface area (Å²) < 4.78 is 0. The van der Waals surface area contributed by atoms with Crippen molar-refractivity contribution in [2.45, 2.75) is 26.8 Å². The Bertz CT molecular complexity index is 945. The smallest absolute Gasteiger partial charge is 0.548 e. The molecule has 0 spiro atoms. The second-order valence-electron chi connectivity index (χ2n) is 7.93. The number of nitrogens with zero attached hydrogens (tertiary/aromatic N) is 1. The molecule has 0 N–H and O–H groups in total. The predicted molar refractivity (Wildman–Crippen MR) is 121 cm³/mol. The molecule has 0 heterocycles. The fourth-order valence-corrected chi connectivity index (χ4v) is 5.60.